The molecule has 10 heteroatoms. The molecule has 5 amide bonds. The molecule has 4 rings (SSSR count). The van der Waals surface area contributed by atoms with Crippen molar-refractivity contribution in [2.75, 3.05) is 16.8 Å². The SMILES string of the molecule is Cc1ccc(N2C(=O)NC(=O)/C(=C\c3ccc(OCC(=O)Nc4ccccc4)c(Br)c3)C2=O)cc1Cl. The number of carbonyl (C=O) groups is 4. The molecule has 182 valence electrons. The van der Waals surface area contributed by atoms with Crippen LogP contribution in [-0.4, -0.2) is 30.4 Å². The lowest BCUT2D eigenvalue weighted by Crippen LogP contribution is -2.54. The Kier molecular flexibility index (Phi) is 7.52. The fourth-order valence-electron chi connectivity index (χ4n) is 3.37. The highest BCUT2D eigenvalue weighted by molar-refractivity contribution is 9.10. The number of para-hydroxylation sites is 1. The van der Waals surface area contributed by atoms with Crippen molar-refractivity contribution in [3.05, 3.63) is 92.9 Å². The van der Waals surface area contributed by atoms with Crippen molar-refractivity contribution in [3.63, 3.8) is 0 Å². The first-order valence-electron chi connectivity index (χ1n) is 10.7. The van der Waals surface area contributed by atoms with Gasteiger partial charge in [-0.3, -0.25) is 19.7 Å². The molecule has 0 radical (unpaired) electrons. The third kappa shape index (κ3) is 5.64. The van der Waals surface area contributed by atoms with Crippen LogP contribution in [0.4, 0.5) is 16.2 Å². The maximum Gasteiger partial charge on any atom is 0.335 e. The summed E-state index contributed by atoms with van der Waals surface area (Å²) in [5.74, 6) is -1.53. The van der Waals surface area contributed by atoms with Crippen molar-refractivity contribution in [3.8, 4) is 5.75 Å². The van der Waals surface area contributed by atoms with Crippen LogP contribution in [0.3, 0.4) is 0 Å². The Labute approximate surface area is 220 Å². The van der Waals surface area contributed by atoms with Crippen molar-refractivity contribution in [1.29, 1.82) is 0 Å². The van der Waals surface area contributed by atoms with Crippen molar-refractivity contribution < 1.29 is 23.9 Å². The minimum Gasteiger partial charge on any atom is -0.483 e. The minimum atomic E-state index is -0.860. The van der Waals surface area contributed by atoms with Crippen LogP contribution in [0.1, 0.15) is 11.1 Å². The predicted molar refractivity (Wildman–Crippen MR) is 140 cm³/mol. The summed E-state index contributed by atoms with van der Waals surface area (Å²) >= 11 is 9.53. The molecule has 0 bridgehead atoms. The van der Waals surface area contributed by atoms with Gasteiger partial charge in [-0.15, -0.1) is 0 Å². The number of carbonyl (C=O) groups excluding carboxylic acids is 4. The van der Waals surface area contributed by atoms with Crippen LogP contribution in [0.2, 0.25) is 5.02 Å². The molecule has 0 spiro atoms. The van der Waals surface area contributed by atoms with E-state index in [1.165, 1.54) is 12.1 Å². The second-order valence-electron chi connectivity index (χ2n) is 7.78. The van der Waals surface area contributed by atoms with E-state index in [0.29, 0.717) is 26.5 Å². The van der Waals surface area contributed by atoms with Gasteiger partial charge in [-0.25, -0.2) is 9.69 Å². The number of imide groups is 2. The molecule has 1 fully saturated rings. The average molecular weight is 569 g/mol. The van der Waals surface area contributed by atoms with Gasteiger partial charge in [0.1, 0.15) is 11.3 Å². The molecule has 0 aromatic heterocycles. The number of ether oxygens (including phenoxy) is 1. The molecule has 1 heterocycles. The van der Waals surface area contributed by atoms with Crippen LogP contribution in [-0.2, 0) is 14.4 Å². The number of benzene rings is 3. The number of aryl methyl sites for hydroxylation is 1. The van der Waals surface area contributed by atoms with Gasteiger partial charge in [0, 0.05) is 10.7 Å². The molecule has 3 aromatic rings. The second kappa shape index (κ2) is 10.8. The third-order valence-electron chi connectivity index (χ3n) is 5.20. The molecule has 2 N–H and O–H groups in total. The van der Waals surface area contributed by atoms with Crippen LogP contribution >= 0.6 is 27.5 Å². The molecule has 1 saturated heterocycles. The van der Waals surface area contributed by atoms with Crippen molar-refractivity contribution in [2.24, 2.45) is 0 Å². The zero-order valence-corrected chi connectivity index (χ0v) is 21.2. The summed E-state index contributed by atoms with van der Waals surface area (Å²) in [5, 5.41) is 5.28. The van der Waals surface area contributed by atoms with Gasteiger partial charge in [0.05, 0.1) is 10.2 Å². The van der Waals surface area contributed by atoms with Gasteiger partial charge < -0.3 is 10.1 Å². The summed E-state index contributed by atoms with van der Waals surface area (Å²) in [5.41, 5.74) is 1.95. The Morgan fingerprint density at radius 1 is 1.08 bits per heavy atom. The molecule has 8 nitrogen and oxygen atoms in total. The summed E-state index contributed by atoms with van der Waals surface area (Å²) in [6.07, 6.45) is 1.36. The lowest BCUT2D eigenvalue weighted by Gasteiger charge is -2.26. The fraction of sp³-hybridized carbons (Fsp3) is 0.0769. The number of anilines is 2. The van der Waals surface area contributed by atoms with Crippen molar-refractivity contribution in [2.45, 2.75) is 6.92 Å². The van der Waals surface area contributed by atoms with Gasteiger partial charge in [0.15, 0.2) is 6.61 Å². The largest absolute Gasteiger partial charge is 0.483 e. The number of urea groups is 1. The Morgan fingerprint density at radius 2 is 1.83 bits per heavy atom. The van der Waals surface area contributed by atoms with E-state index in [-0.39, 0.29) is 23.8 Å². The van der Waals surface area contributed by atoms with E-state index < -0.39 is 17.8 Å². The van der Waals surface area contributed by atoms with E-state index in [2.05, 4.69) is 26.6 Å². The number of hydrogen-bond acceptors (Lipinski definition) is 5. The number of hydrogen-bond donors (Lipinski definition) is 2. The van der Waals surface area contributed by atoms with Crippen LogP contribution in [0.15, 0.2) is 76.8 Å². The average Bonchev–Trinajstić information content (AvgIpc) is 2.84. The van der Waals surface area contributed by atoms with Gasteiger partial charge in [-0.1, -0.05) is 41.9 Å². The Hall–Kier alpha value is -3.95. The summed E-state index contributed by atoms with van der Waals surface area (Å²) in [4.78, 5) is 50.9. The number of barbiturate groups is 1. The number of halogens is 2. The van der Waals surface area contributed by atoms with Crippen LogP contribution in [0, 0.1) is 6.92 Å². The number of rotatable bonds is 6. The zero-order chi connectivity index (χ0) is 25.8. The van der Waals surface area contributed by atoms with Crippen molar-refractivity contribution >= 4 is 68.7 Å². The van der Waals surface area contributed by atoms with E-state index in [1.54, 1.807) is 49.4 Å². The first-order chi connectivity index (χ1) is 17.2. The number of nitrogens with one attached hydrogen (secondary N) is 2. The highest BCUT2D eigenvalue weighted by Crippen LogP contribution is 2.29. The van der Waals surface area contributed by atoms with Gasteiger partial charge >= 0.3 is 6.03 Å². The van der Waals surface area contributed by atoms with E-state index in [9.17, 15) is 19.2 Å². The fourth-order valence-corrected chi connectivity index (χ4v) is 4.05. The Bertz CT molecular complexity index is 1410. The predicted octanol–water partition coefficient (Wildman–Crippen LogP) is 5.09. The topological polar surface area (TPSA) is 105 Å². The Balaban J connectivity index is 1.50. The van der Waals surface area contributed by atoms with Gasteiger partial charge in [0.25, 0.3) is 17.7 Å². The lowest BCUT2D eigenvalue weighted by atomic mass is 10.1. The monoisotopic (exact) mass is 567 g/mol. The summed E-state index contributed by atoms with van der Waals surface area (Å²) in [7, 11) is 0. The molecule has 36 heavy (non-hydrogen) atoms. The highest BCUT2D eigenvalue weighted by atomic mass is 79.9. The van der Waals surface area contributed by atoms with E-state index in [0.717, 1.165) is 10.5 Å². The second-order valence-corrected chi connectivity index (χ2v) is 9.05. The molecule has 0 atom stereocenters. The van der Waals surface area contributed by atoms with Crippen LogP contribution in [0.25, 0.3) is 6.08 Å². The van der Waals surface area contributed by atoms with Gasteiger partial charge in [-0.2, -0.15) is 0 Å². The first-order valence-corrected chi connectivity index (χ1v) is 11.8. The molecule has 0 saturated carbocycles. The molecular formula is C26H19BrClN3O5. The molecule has 0 aliphatic carbocycles. The maximum absolute atomic E-state index is 13.1. The summed E-state index contributed by atoms with van der Waals surface area (Å²) < 4.78 is 6.08. The quantitative estimate of drug-likeness (QED) is 0.318. The maximum atomic E-state index is 13.1. The molecule has 1 aliphatic rings. The summed E-state index contributed by atoms with van der Waals surface area (Å²) in [6.45, 7) is 1.57. The van der Waals surface area contributed by atoms with Gasteiger partial charge in [-0.05, 0) is 76.5 Å². The zero-order valence-electron chi connectivity index (χ0n) is 18.9. The Morgan fingerprint density at radius 3 is 2.53 bits per heavy atom. The number of nitrogens with zero attached hydrogens (tertiary/aromatic N) is 1. The molecule has 0 unspecified atom stereocenters. The normalized spacial score (nSPS) is 14.6. The molecular weight excluding hydrogens is 550 g/mol. The first kappa shape index (κ1) is 25.2. The third-order valence-corrected chi connectivity index (χ3v) is 6.23. The lowest BCUT2D eigenvalue weighted by molar-refractivity contribution is -0.122. The minimum absolute atomic E-state index is 0.217. The van der Waals surface area contributed by atoms with E-state index >= 15 is 0 Å². The van der Waals surface area contributed by atoms with Crippen molar-refractivity contribution in [1.82, 2.24) is 5.32 Å². The van der Waals surface area contributed by atoms with Gasteiger partial charge in [0.2, 0.25) is 0 Å². The summed E-state index contributed by atoms with van der Waals surface area (Å²) in [6, 6.07) is 17.7. The van der Waals surface area contributed by atoms with E-state index in [4.69, 9.17) is 16.3 Å². The van der Waals surface area contributed by atoms with E-state index in [1.807, 2.05) is 18.2 Å². The van der Waals surface area contributed by atoms with Crippen LogP contribution < -0.4 is 20.3 Å². The molecule has 1 aliphatic heterocycles. The highest BCUT2D eigenvalue weighted by Gasteiger charge is 2.37. The standard InChI is InChI=1S/C26H19BrClN3O5/c1-15-7-9-18(13-21(15)28)31-25(34)19(24(33)30-26(31)35)11-16-8-10-22(20(27)12-16)36-14-23(32)29-17-5-3-2-4-6-17/h2-13H,14H2,1H3,(H,29,32)(H,30,33,35)/b19-11+. The number of amides is 5. The smallest absolute Gasteiger partial charge is 0.335 e. The molecule has 3 aromatic carbocycles. The van der Waals surface area contributed by atoms with Crippen LogP contribution in [0.5, 0.6) is 5.75 Å².